The quantitative estimate of drug-likeness (QED) is 0.0525. The van der Waals surface area contributed by atoms with Crippen LogP contribution in [0.1, 0.15) is 205 Å². The maximum Gasteiger partial charge on any atom is 0.319 e. The fraction of sp³-hybridized carbons (Fsp3) is 0.864. The van der Waals surface area contributed by atoms with Gasteiger partial charge in [-0.25, -0.2) is 0 Å². The summed E-state index contributed by atoms with van der Waals surface area (Å²) in [6, 6.07) is 2.24. The van der Waals surface area contributed by atoms with Crippen LogP contribution in [0, 0.1) is 13.8 Å². The SMILES string of the molecule is CCCCCCCCO[PH](=O)OCCCCCCCCN(CCCCCCCCO[PH](=O)OCCCCCCCC)c1cc(C(C)(C)C)c(O)c(C)c1C. The van der Waals surface area contributed by atoms with Gasteiger partial charge in [0.15, 0.2) is 0 Å². The third-order valence-corrected chi connectivity index (χ3v) is 12.3. The number of phenolic OH excluding ortho intramolecular Hbond substituents is 1. The predicted molar refractivity (Wildman–Crippen MR) is 232 cm³/mol. The molecule has 0 aliphatic heterocycles. The smallest absolute Gasteiger partial charge is 0.319 e. The molecular formula is C44H85NO7P2. The number of aromatic hydroxyl groups is 1. The Labute approximate surface area is 334 Å². The van der Waals surface area contributed by atoms with E-state index in [0.29, 0.717) is 32.2 Å². The van der Waals surface area contributed by atoms with E-state index in [-0.39, 0.29) is 5.41 Å². The van der Waals surface area contributed by atoms with Crippen LogP contribution in [0.4, 0.5) is 5.69 Å². The van der Waals surface area contributed by atoms with Crippen molar-refractivity contribution in [2.75, 3.05) is 44.4 Å². The van der Waals surface area contributed by atoms with Crippen molar-refractivity contribution in [1.82, 2.24) is 0 Å². The van der Waals surface area contributed by atoms with E-state index in [4.69, 9.17) is 18.1 Å². The van der Waals surface area contributed by atoms with Crippen LogP contribution >= 0.6 is 16.5 Å². The van der Waals surface area contributed by atoms with Crippen LogP contribution in [-0.2, 0) is 32.6 Å². The summed E-state index contributed by atoms with van der Waals surface area (Å²) in [6.45, 7) is 19.3. The summed E-state index contributed by atoms with van der Waals surface area (Å²) < 4.78 is 45.7. The minimum absolute atomic E-state index is 0.141. The summed E-state index contributed by atoms with van der Waals surface area (Å²) >= 11 is 0. The van der Waals surface area contributed by atoms with Gasteiger partial charge in [-0.3, -0.25) is 9.13 Å². The normalized spacial score (nSPS) is 13.1. The summed E-state index contributed by atoms with van der Waals surface area (Å²) in [6.07, 6.45) is 27.6. The standard InChI is InChI=1S/C44H85NO7P2/c1-8-10-12-14-22-28-34-49-53(47)51-36-30-24-18-16-20-26-32-45(42-38-41(44(5,6)7)43(46)40(4)39(42)3)33-27-21-17-19-25-31-37-52-54(48)50-35-29-23-15-13-11-9-2/h38,46,53-54H,8-37H2,1-7H3. The molecule has 0 saturated heterocycles. The summed E-state index contributed by atoms with van der Waals surface area (Å²) in [7, 11) is -4.72. The van der Waals surface area contributed by atoms with Gasteiger partial charge < -0.3 is 28.1 Å². The number of rotatable bonds is 37. The van der Waals surface area contributed by atoms with Gasteiger partial charge in [-0.05, 0) is 75.0 Å². The maximum atomic E-state index is 12.0. The Morgan fingerprint density at radius 1 is 0.519 bits per heavy atom. The predicted octanol–water partition coefficient (Wildman–Crippen LogP) is 14.4. The summed E-state index contributed by atoms with van der Waals surface area (Å²) in [5, 5.41) is 11.0. The molecule has 318 valence electrons. The van der Waals surface area contributed by atoms with E-state index in [9.17, 15) is 14.2 Å². The third-order valence-electron chi connectivity index (χ3n) is 10.5. The molecule has 0 aliphatic carbocycles. The lowest BCUT2D eigenvalue weighted by atomic mass is 9.83. The maximum absolute atomic E-state index is 12.0. The second kappa shape index (κ2) is 33.1. The Kier molecular flexibility index (Phi) is 31.4. The van der Waals surface area contributed by atoms with Crippen molar-refractivity contribution in [3.05, 3.63) is 22.8 Å². The molecule has 1 rings (SSSR count). The number of unbranched alkanes of at least 4 members (excludes halogenated alkanes) is 20. The first-order chi connectivity index (χ1) is 26.0. The fourth-order valence-corrected chi connectivity index (χ4v) is 8.24. The Morgan fingerprint density at radius 2 is 0.833 bits per heavy atom. The zero-order valence-electron chi connectivity index (χ0n) is 36.1. The van der Waals surface area contributed by atoms with Crippen molar-refractivity contribution < 1.29 is 32.3 Å². The van der Waals surface area contributed by atoms with Crippen LogP contribution in [0.5, 0.6) is 5.75 Å². The van der Waals surface area contributed by atoms with Crippen molar-refractivity contribution >= 4 is 22.2 Å². The first kappa shape index (κ1) is 51.1. The second-order valence-corrected chi connectivity index (χ2v) is 18.6. The molecule has 1 N–H and O–H groups in total. The number of hydrogen-bond donors (Lipinski definition) is 1. The Balaban J connectivity index is 2.40. The molecule has 0 amide bonds. The first-order valence-electron chi connectivity index (χ1n) is 22.2. The van der Waals surface area contributed by atoms with Gasteiger partial charge in [0.1, 0.15) is 5.75 Å². The van der Waals surface area contributed by atoms with Gasteiger partial charge in [0, 0.05) is 24.3 Å². The molecule has 10 heteroatoms. The molecule has 2 unspecified atom stereocenters. The molecule has 0 aliphatic rings. The highest BCUT2D eigenvalue weighted by Gasteiger charge is 2.24. The van der Waals surface area contributed by atoms with Gasteiger partial charge in [-0.1, -0.05) is 150 Å². The molecule has 0 spiro atoms. The molecular weight excluding hydrogens is 716 g/mol. The zero-order chi connectivity index (χ0) is 39.9. The van der Waals surface area contributed by atoms with Crippen molar-refractivity contribution in [1.29, 1.82) is 0 Å². The van der Waals surface area contributed by atoms with E-state index >= 15 is 0 Å². The molecule has 1 aromatic carbocycles. The van der Waals surface area contributed by atoms with Crippen LogP contribution in [0.2, 0.25) is 0 Å². The lowest BCUT2D eigenvalue weighted by Crippen LogP contribution is -2.27. The number of hydrogen-bond acceptors (Lipinski definition) is 8. The lowest BCUT2D eigenvalue weighted by Gasteiger charge is -2.31. The highest BCUT2D eigenvalue weighted by molar-refractivity contribution is 7.33. The Bertz CT molecular complexity index is 1060. The van der Waals surface area contributed by atoms with Crippen LogP contribution in [0.3, 0.4) is 0 Å². The monoisotopic (exact) mass is 802 g/mol. The number of benzene rings is 1. The molecule has 0 aromatic heterocycles. The van der Waals surface area contributed by atoms with E-state index in [1.54, 1.807) is 0 Å². The molecule has 1 aromatic rings. The minimum Gasteiger partial charge on any atom is -0.507 e. The van der Waals surface area contributed by atoms with Gasteiger partial charge in [0.25, 0.3) is 0 Å². The molecule has 0 radical (unpaired) electrons. The zero-order valence-corrected chi connectivity index (χ0v) is 38.1. The second-order valence-electron chi connectivity index (χ2n) is 16.5. The average molecular weight is 802 g/mol. The largest absolute Gasteiger partial charge is 0.507 e. The summed E-state index contributed by atoms with van der Waals surface area (Å²) in [4.78, 5) is 2.56. The topological polar surface area (TPSA) is 94.5 Å². The van der Waals surface area contributed by atoms with Crippen molar-refractivity contribution in [3.63, 3.8) is 0 Å². The number of nitrogens with zero attached hydrogens (tertiary/aromatic N) is 1. The Hall–Kier alpha value is -0.880. The first-order valence-corrected chi connectivity index (χ1v) is 24.7. The number of phenols is 1. The molecule has 0 heterocycles. The lowest BCUT2D eigenvalue weighted by molar-refractivity contribution is 0.217. The molecule has 8 nitrogen and oxygen atoms in total. The fourth-order valence-electron chi connectivity index (χ4n) is 6.83. The molecule has 0 fully saturated rings. The van der Waals surface area contributed by atoms with Crippen molar-refractivity contribution in [2.45, 2.75) is 208 Å². The van der Waals surface area contributed by atoms with E-state index in [2.05, 4.69) is 52.5 Å². The molecule has 0 bridgehead atoms. The third kappa shape index (κ3) is 25.4. The molecule has 54 heavy (non-hydrogen) atoms. The highest BCUT2D eigenvalue weighted by Crippen LogP contribution is 2.40. The summed E-state index contributed by atoms with van der Waals surface area (Å²) in [5.74, 6) is 0.431. The van der Waals surface area contributed by atoms with Crippen LogP contribution < -0.4 is 4.90 Å². The molecule has 0 saturated carbocycles. The molecule has 2 atom stereocenters. The van der Waals surface area contributed by atoms with Gasteiger partial charge in [0.05, 0.1) is 26.4 Å². The number of anilines is 1. The average Bonchev–Trinajstić information content (AvgIpc) is 3.13. The van der Waals surface area contributed by atoms with Crippen LogP contribution in [-0.4, -0.2) is 44.6 Å². The van der Waals surface area contributed by atoms with E-state index in [1.807, 2.05) is 6.92 Å². The van der Waals surface area contributed by atoms with Crippen LogP contribution in [0.25, 0.3) is 0 Å². The Morgan fingerprint density at radius 3 is 1.17 bits per heavy atom. The van der Waals surface area contributed by atoms with E-state index in [1.165, 1.54) is 88.3 Å². The van der Waals surface area contributed by atoms with Gasteiger partial charge in [-0.15, -0.1) is 0 Å². The van der Waals surface area contributed by atoms with E-state index < -0.39 is 16.5 Å². The van der Waals surface area contributed by atoms with Gasteiger partial charge >= 0.3 is 16.5 Å². The van der Waals surface area contributed by atoms with E-state index in [0.717, 1.165) is 101 Å². The minimum atomic E-state index is -2.36. The summed E-state index contributed by atoms with van der Waals surface area (Å²) in [5.41, 5.74) is 4.29. The van der Waals surface area contributed by atoms with Crippen molar-refractivity contribution in [3.8, 4) is 5.75 Å². The van der Waals surface area contributed by atoms with Crippen molar-refractivity contribution in [2.24, 2.45) is 0 Å². The van der Waals surface area contributed by atoms with Crippen LogP contribution in [0.15, 0.2) is 6.07 Å². The highest BCUT2D eigenvalue weighted by atomic mass is 31.1. The van der Waals surface area contributed by atoms with Gasteiger partial charge in [0.2, 0.25) is 0 Å². The van der Waals surface area contributed by atoms with Gasteiger partial charge in [-0.2, -0.15) is 0 Å².